The number of esters is 4. The topological polar surface area (TPSA) is 153 Å². The van der Waals surface area contributed by atoms with E-state index in [1.54, 1.807) is 67.2 Å². The summed E-state index contributed by atoms with van der Waals surface area (Å²) in [6.45, 7) is 16.5. The van der Waals surface area contributed by atoms with Gasteiger partial charge in [0.05, 0.1) is 56.1 Å². The third kappa shape index (κ3) is 24.7. The van der Waals surface area contributed by atoms with Crippen LogP contribution < -0.4 is 0 Å². The molecule has 1 fully saturated rings. The van der Waals surface area contributed by atoms with Gasteiger partial charge in [-0.2, -0.15) is 0 Å². The highest BCUT2D eigenvalue weighted by atomic mass is 16.6. The number of carbonyl (C=O) groups is 5. The highest BCUT2D eigenvalue weighted by Gasteiger charge is 2.41. The van der Waals surface area contributed by atoms with Gasteiger partial charge < -0.3 is 38.1 Å². The van der Waals surface area contributed by atoms with Crippen molar-refractivity contribution >= 4 is 29.8 Å². The predicted octanol–water partition coefficient (Wildman–Crippen LogP) is 8.44. The first-order valence-corrected chi connectivity index (χ1v) is 20.8. The first kappa shape index (κ1) is 50.3. The molecule has 1 saturated heterocycles. The van der Waals surface area contributed by atoms with Crippen LogP contribution in [0.1, 0.15) is 132 Å². The van der Waals surface area contributed by atoms with Crippen molar-refractivity contribution in [3.05, 3.63) is 72.9 Å². The fourth-order valence-corrected chi connectivity index (χ4v) is 6.00. The van der Waals surface area contributed by atoms with Gasteiger partial charge in [-0.1, -0.05) is 68.9 Å². The molecule has 0 aliphatic carbocycles. The molecule has 1 aromatic rings. The van der Waals surface area contributed by atoms with Crippen molar-refractivity contribution in [2.75, 3.05) is 19.7 Å². The van der Waals surface area contributed by atoms with E-state index in [0.717, 1.165) is 56.6 Å². The molecule has 13 nitrogen and oxygen atoms in total. The van der Waals surface area contributed by atoms with Crippen molar-refractivity contribution in [2.24, 2.45) is 5.92 Å². The molecule has 1 aromatic carbocycles. The molecule has 0 radical (unpaired) electrons. The summed E-state index contributed by atoms with van der Waals surface area (Å²) in [4.78, 5) is 64.4. The van der Waals surface area contributed by atoms with Gasteiger partial charge in [0.15, 0.2) is 6.10 Å². The van der Waals surface area contributed by atoms with Crippen LogP contribution in [0.3, 0.4) is 0 Å². The normalized spacial score (nSPS) is 17.5. The average Bonchev–Trinajstić information content (AvgIpc) is 3.12. The van der Waals surface area contributed by atoms with Crippen LogP contribution in [-0.4, -0.2) is 83.4 Å². The first-order chi connectivity index (χ1) is 27.7. The third-order valence-corrected chi connectivity index (χ3v) is 8.53. The smallest absolute Gasteiger partial charge is 0.334 e. The second-order valence-electron chi connectivity index (χ2n) is 17.7. The molecule has 3 atom stereocenters. The summed E-state index contributed by atoms with van der Waals surface area (Å²) in [5.41, 5.74) is -1.11. The molecular weight excluding hydrogens is 759 g/mol. The van der Waals surface area contributed by atoms with E-state index in [1.165, 1.54) is 30.9 Å². The zero-order chi connectivity index (χ0) is 43.9. The highest BCUT2D eigenvalue weighted by Crippen LogP contribution is 2.26. The summed E-state index contributed by atoms with van der Waals surface area (Å²) in [6, 6.07) is 9.64. The van der Waals surface area contributed by atoms with E-state index < -0.39 is 52.8 Å². The van der Waals surface area contributed by atoms with E-state index in [-0.39, 0.29) is 31.6 Å². The van der Waals surface area contributed by atoms with Crippen molar-refractivity contribution in [3.63, 3.8) is 0 Å². The summed E-state index contributed by atoms with van der Waals surface area (Å²) in [6.07, 6.45) is 13.9. The molecule has 0 spiro atoms. The van der Waals surface area contributed by atoms with Crippen LogP contribution in [-0.2, 0) is 63.7 Å². The zero-order valence-electron chi connectivity index (χ0n) is 36.8. The maximum absolute atomic E-state index is 13.6. The van der Waals surface area contributed by atoms with Crippen LogP contribution in [0.15, 0.2) is 67.3 Å². The summed E-state index contributed by atoms with van der Waals surface area (Å²) >= 11 is 0. The molecule has 2 rings (SSSR count). The lowest BCUT2D eigenvalue weighted by atomic mass is 9.92. The summed E-state index contributed by atoms with van der Waals surface area (Å²) < 4.78 is 39.3. The standard InChI is InChI=1S/C46H69NO12/c1-44(2,3)57-40(50)25-28-53-34-36-31-47(38(48)23-19-14-12-10-11-13-15-20-24-39(49)56-33-35-21-17-16-18-22-35)32-37(54-29-26-41(51)58-45(4,5)6)43(36)55-30-27-42(52)59-46(7,8)9/h16-18,21-22,25-30,36-37,43H,10-15,19-20,23-24,31-34H2,1-9H3/b28-25+,29-26+,30-27+/t36-,37-,43-/m1/s1. The summed E-state index contributed by atoms with van der Waals surface area (Å²) in [5.74, 6) is -2.49. The Bertz CT molecular complexity index is 1530. The molecule has 330 valence electrons. The number of carbonyl (C=O) groups excluding carboxylic acids is 5. The number of unbranched alkanes of at least 4 members (excludes halogenated alkanes) is 7. The van der Waals surface area contributed by atoms with Crippen LogP contribution in [0.2, 0.25) is 0 Å². The number of piperidine rings is 1. The van der Waals surface area contributed by atoms with Crippen LogP contribution in [0, 0.1) is 5.92 Å². The molecule has 0 bridgehead atoms. The first-order valence-electron chi connectivity index (χ1n) is 20.8. The van der Waals surface area contributed by atoms with Gasteiger partial charge in [-0.3, -0.25) is 9.59 Å². The van der Waals surface area contributed by atoms with E-state index in [2.05, 4.69) is 0 Å². The minimum Gasteiger partial charge on any atom is -0.500 e. The second kappa shape index (κ2) is 25.6. The van der Waals surface area contributed by atoms with Gasteiger partial charge in [0.1, 0.15) is 29.5 Å². The summed E-state index contributed by atoms with van der Waals surface area (Å²) in [7, 11) is 0. The number of rotatable bonds is 23. The van der Waals surface area contributed by atoms with Crippen LogP contribution in [0.25, 0.3) is 0 Å². The Morgan fingerprint density at radius 2 is 1.08 bits per heavy atom. The molecule has 59 heavy (non-hydrogen) atoms. The monoisotopic (exact) mass is 827 g/mol. The van der Waals surface area contributed by atoms with E-state index in [0.29, 0.717) is 25.9 Å². The molecule has 13 heteroatoms. The fraction of sp³-hybridized carbons (Fsp3) is 0.630. The minimum atomic E-state index is -0.774. The summed E-state index contributed by atoms with van der Waals surface area (Å²) in [5, 5.41) is 0. The molecule has 1 aliphatic rings. The van der Waals surface area contributed by atoms with Gasteiger partial charge in [0.25, 0.3) is 0 Å². The van der Waals surface area contributed by atoms with Crippen molar-refractivity contribution in [1.29, 1.82) is 0 Å². The number of hydrogen-bond donors (Lipinski definition) is 0. The molecule has 0 saturated carbocycles. The van der Waals surface area contributed by atoms with Gasteiger partial charge in [0.2, 0.25) is 5.91 Å². The van der Waals surface area contributed by atoms with Crippen LogP contribution in [0.5, 0.6) is 0 Å². The molecule has 0 unspecified atom stereocenters. The van der Waals surface area contributed by atoms with Gasteiger partial charge in [0, 0.05) is 19.4 Å². The van der Waals surface area contributed by atoms with Crippen LogP contribution in [0.4, 0.5) is 0 Å². The third-order valence-electron chi connectivity index (χ3n) is 8.53. The number of likely N-dealkylation sites (tertiary alicyclic amines) is 1. The molecule has 1 heterocycles. The fourth-order valence-electron chi connectivity index (χ4n) is 6.00. The predicted molar refractivity (Wildman–Crippen MR) is 223 cm³/mol. The van der Waals surface area contributed by atoms with Crippen LogP contribution >= 0.6 is 0 Å². The lowest BCUT2D eigenvalue weighted by Gasteiger charge is -2.42. The lowest BCUT2D eigenvalue weighted by Crippen LogP contribution is -2.56. The van der Waals surface area contributed by atoms with Crippen molar-refractivity contribution in [3.8, 4) is 0 Å². The maximum atomic E-state index is 13.6. The van der Waals surface area contributed by atoms with E-state index in [1.807, 2.05) is 30.3 Å². The molecule has 0 aromatic heterocycles. The number of benzene rings is 1. The van der Waals surface area contributed by atoms with Crippen molar-refractivity contribution < 1.29 is 57.1 Å². The number of hydrogen-bond acceptors (Lipinski definition) is 12. The Labute approximate surface area is 351 Å². The highest BCUT2D eigenvalue weighted by molar-refractivity contribution is 5.82. The molecule has 0 N–H and O–H groups in total. The lowest BCUT2D eigenvalue weighted by molar-refractivity contribution is -0.151. The number of amides is 1. The van der Waals surface area contributed by atoms with E-state index in [4.69, 9.17) is 33.2 Å². The molecule has 1 amide bonds. The second-order valence-corrected chi connectivity index (χ2v) is 17.7. The Morgan fingerprint density at radius 1 is 0.610 bits per heavy atom. The Kier molecular flexibility index (Phi) is 21.9. The zero-order valence-corrected chi connectivity index (χ0v) is 36.8. The van der Waals surface area contributed by atoms with Crippen molar-refractivity contribution in [2.45, 2.75) is 162 Å². The van der Waals surface area contributed by atoms with Gasteiger partial charge >= 0.3 is 23.9 Å². The van der Waals surface area contributed by atoms with Gasteiger partial charge in [-0.15, -0.1) is 0 Å². The van der Waals surface area contributed by atoms with Gasteiger partial charge in [-0.05, 0) is 80.7 Å². The average molecular weight is 828 g/mol. The number of ether oxygens (including phenoxy) is 7. The van der Waals surface area contributed by atoms with Crippen molar-refractivity contribution in [1.82, 2.24) is 4.90 Å². The number of nitrogens with zero attached hydrogens (tertiary/aromatic N) is 1. The Morgan fingerprint density at radius 3 is 1.61 bits per heavy atom. The Balaban J connectivity index is 2.00. The van der Waals surface area contributed by atoms with Gasteiger partial charge in [-0.25, -0.2) is 14.4 Å². The molecular formula is C46H69NO12. The van der Waals surface area contributed by atoms with E-state index >= 15 is 0 Å². The largest absolute Gasteiger partial charge is 0.500 e. The SMILES string of the molecule is CC(C)(C)OC(=O)/C=C/OC[C@H]1CN(C(=O)CCCCCCCCCCC(=O)OCc2ccccc2)C[C@@H](O/C=C/C(=O)OC(C)(C)C)[C@@H]1O/C=C/C(=O)OC(C)(C)C. The molecule has 1 aliphatic heterocycles. The van der Waals surface area contributed by atoms with E-state index in [9.17, 15) is 24.0 Å². The maximum Gasteiger partial charge on any atom is 0.334 e. The Hall–Kier alpha value is -4.81. The minimum absolute atomic E-state index is 0.0263. The quantitative estimate of drug-likeness (QED) is 0.0342.